The molecule has 1 unspecified atom stereocenters. The summed E-state index contributed by atoms with van der Waals surface area (Å²) in [5.41, 5.74) is 2.40. The van der Waals surface area contributed by atoms with Crippen molar-refractivity contribution in [2.45, 2.75) is 68.9 Å². The largest absolute Gasteiger partial charge is 0.508 e. The van der Waals surface area contributed by atoms with Gasteiger partial charge in [0.15, 0.2) is 17.8 Å². The van der Waals surface area contributed by atoms with E-state index in [4.69, 9.17) is 23.7 Å². The van der Waals surface area contributed by atoms with Crippen LogP contribution in [0.1, 0.15) is 36.0 Å². The van der Waals surface area contributed by atoms with E-state index in [-0.39, 0.29) is 30.1 Å². The van der Waals surface area contributed by atoms with E-state index in [1.165, 1.54) is 26.4 Å². The number of Topliss-reactive ketones (excluding diaryl/α,β-unsaturated/α-hetero) is 1. The Bertz CT molecular complexity index is 1500. The molecule has 0 aromatic heterocycles. The van der Waals surface area contributed by atoms with Crippen LogP contribution >= 0.6 is 0 Å². The Hall–Kier alpha value is -4.46. The fourth-order valence-corrected chi connectivity index (χ4v) is 5.20. The average molecular weight is 667 g/mol. The Morgan fingerprint density at radius 1 is 0.812 bits per heavy atom. The third-order valence-electron chi connectivity index (χ3n) is 7.98. The van der Waals surface area contributed by atoms with E-state index in [1.807, 2.05) is 0 Å². The van der Waals surface area contributed by atoms with Gasteiger partial charge in [-0.15, -0.1) is 0 Å². The molecule has 48 heavy (non-hydrogen) atoms. The SMILES string of the molecule is COc1ccc(/C=C/C(=O)OC[C@@H]2O[C@H](OC(CCc3ccc(O)cc3)CC(=O)CCc3ccc(O)cc3)[C@@H](O)[C@H](O)[C@H]2O)cc1OC. The number of hydrogen-bond acceptors (Lipinski definition) is 12. The maximum atomic E-state index is 13.0. The molecule has 1 aliphatic rings. The van der Waals surface area contributed by atoms with Gasteiger partial charge in [0.1, 0.15) is 48.3 Å². The predicted octanol–water partition coefficient (Wildman–Crippen LogP) is 3.09. The summed E-state index contributed by atoms with van der Waals surface area (Å²) in [5.74, 6) is 0.390. The van der Waals surface area contributed by atoms with Crippen molar-refractivity contribution in [1.29, 1.82) is 0 Å². The third-order valence-corrected chi connectivity index (χ3v) is 7.98. The van der Waals surface area contributed by atoms with Crippen molar-refractivity contribution < 1.29 is 58.8 Å². The topological polar surface area (TPSA) is 181 Å². The zero-order valence-electron chi connectivity index (χ0n) is 26.8. The van der Waals surface area contributed by atoms with Crippen LogP contribution in [0.3, 0.4) is 0 Å². The van der Waals surface area contributed by atoms with E-state index in [9.17, 15) is 35.1 Å². The summed E-state index contributed by atoms with van der Waals surface area (Å²) in [6, 6.07) is 18.2. The maximum Gasteiger partial charge on any atom is 0.330 e. The summed E-state index contributed by atoms with van der Waals surface area (Å²) in [6.45, 7) is -0.455. The van der Waals surface area contributed by atoms with Crippen LogP contribution in [0.4, 0.5) is 0 Å². The van der Waals surface area contributed by atoms with Crippen LogP contribution < -0.4 is 9.47 Å². The van der Waals surface area contributed by atoms with Crippen molar-refractivity contribution in [3.05, 3.63) is 89.5 Å². The molecule has 0 spiro atoms. The highest BCUT2D eigenvalue weighted by Gasteiger charge is 2.45. The van der Waals surface area contributed by atoms with Gasteiger partial charge >= 0.3 is 5.97 Å². The number of carbonyl (C=O) groups is 2. The minimum Gasteiger partial charge on any atom is -0.508 e. The Morgan fingerprint density at radius 3 is 2.06 bits per heavy atom. The van der Waals surface area contributed by atoms with Crippen molar-refractivity contribution in [3.63, 3.8) is 0 Å². The lowest BCUT2D eigenvalue weighted by atomic mass is 9.98. The molecule has 1 saturated heterocycles. The first-order valence-corrected chi connectivity index (χ1v) is 15.6. The molecule has 5 N–H and O–H groups in total. The van der Waals surface area contributed by atoms with Gasteiger partial charge in [0.2, 0.25) is 0 Å². The number of methoxy groups -OCH3 is 2. The van der Waals surface area contributed by atoms with Gasteiger partial charge in [-0.1, -0.05) is 30.3 Å². The second-order valence-electron chi connectivity index (χ2n) is 11.5. The van der Waals surface area contributed by atoms with E-state index in [0.717, 1.165) is 11.1 Å². The highest BCUT2D eigenvalue weighted by Crippen LogP contribution is 2.29. The number of carbonyl (C=O) groups excluding carboxylic acids is 2. The number of phenolic OH excluding ortho intramolecular Hbond substituents is 2. The molecule has 3 aromatic carbocycles. The zero-order valence-corrected chi connectivity index (χ0v) is 26.8. The molecule has 0 aliphatic carbocycles. The van der Waals surface area contributed by atoms with Gasteiger partial charge in [-0.25, -0.2) is 4.79 Å². The normalized spacial score (nSPS) is 21.5. The van der Waals surface area contributed by atoms with Crippen molar-refractivity contribution >= 4 is 17.8 Å². The Kier molecular flexibility index (Phi) is 13.4. The van der Waals surface area contributed by atoms with Crippen LogP contribution in [0, 0.1) is 0 Å². The van der Waals surface area contributed by atoms with Gasteiger partial charge in [-0.2, -0.15) is 0 Å². The standard InChI is InChI=1S/C36H42O12/c1-44-29-17-9-24(19-30(29)45-2)10-18-32(40)46-21-31-33(41)34(42)35(43)36(48-31)47-28(16-8-23-5-13-26(38)14-6-23)20-27(39)15-7-22-3-11-25(37)12-4-22/h3-6,9-14,17-19,28,31,33-38,41-43H,7-8,15-16,20-21H2,1-2H3/b18-10+/t28?,31-,33-,34+,35-,36-/m0/s1. The molecule has 1 aliphatic heterocycles. The lowest BCUT2D eigenvalue weighted by Crippen LogP contribution is -2.60. The number of hydrogen-bond donors (Lipinski definition) is 5. The quantitative estimate of drug-likeness (QED) is 0.112. The molecule has 1 heterocycles. The van der Waals surface area contributed by atoms with Gasteiger partial charge < -0.3 is 49.2 Å². The van der Waals surface area contributed by atoms with E-state index >= 15 is 0 Å². The van der Waals surface area contributed by atoms with Crippen molar-refractivity contribution in [2.24, 2.45) is 0 Å². The minimum atomic E-state index is -1.68. The molecule has 0 amide bonds. The van der Waals surface area contributed by atoms with Gasteiger partial charge in [0.25, 0.3) is 0 Å². The monoisotopic (exact) mass is 666 g/mol. The summed E-state index contributed by atoms with van der Waals surface area (Å²) >= 11 is 0. The summed E-state index contributed by atoms with van der Waals surface area (Å²) < 4.78 is 27.6. The van der Waals surface area contributed by atoms with Gasteiger partial charge in [0.05, 0.1) is 20.3 Å². The van der Waals surface area contributed by atoms with Crippen LogP contribution in [-0.4, -0.2) is 94.9 Å². The first kappa shape index (κ1) is 36.4. The fraction of sp³-hybridized carbons (Fsp3) is 0.389. The second kappa shape index (κ2) is 17.6. The predicted molar refractivity (Wildman–Crippen MR) is 174 cm³/mol. The van der Waals surface area contributed by atoms with E-state index in [1.54, 1.807) is 66.7 Å². The van der Waals surface area contributed by atoms with Gasteiger partial charge in [-0.3, -0.25) is 4.79 Å². The van der Waals surface area contributed by atoms with E-state index in [0.29, 0.717) is 36.3 Å². The molecule has 12 heteroatoms. The van der Waals surface area contributed by atoms with E-state index in [2.05, 4.69) is 0 Å². The summed E-state index contributed by atoms with van der Waals surface area (Å²) in [5, 5.41) is 51.1. The highest BCUT2D eigenvalue weighted by molar-refractivity contribution is 5.87. The van der Waals surface area contributed by atoms with Crippen LogP contribution in [0.2, 0.25) is 0 Å². The van der Waals surface area contributed by atoms with Crippen molar-refractivity contribution in [3.8, 4) is 23.0 Å². The number of aromatic hydroxyl groups is 2. The Balaban J connectivity index is 1.38. The number of esters is 1. The number of aryl methyl sites for hydroxylation is 2. The molecule has 12 nitrogen and oxygen atoms in total. The van der Waals surface area contributed by atoms with Crippen LogP contribution in [0.15, 0.2) is 72.8 Å². The molecule has 3 aromatic rings. The molecular weight excluding hydrogens is 624 g/mol. The zero-order chi connectivity index (χ0) is 34.6. The molecule has 0 saturated carbocycles. The third kappa shape index (κ3) is 10.5. The van der Waals surface area contributed by atoms with Gasteiger partial charge in [0, 0.05) is 18.9 Å². The maximum absolute atomic E-state index is 13.0. The molecule has 0 bridgehead atoms. The first-order chi connectivity index (χ1) is 23.1. The molecular formula is C36H42O12. The van der Waals surface area contributed by atoms with Crippen molar-refractivity contribution in [2.75, 3.05) is 20.8 Å². The highest BCUT2D eigenvalue weighted by atomic mass is 16.7. The van der Waals surface area contributed by atoms with Crippen molar-refractivity contribution in [1.82, 2.24) is 0 Å². The first-order valence-electron chi connectivity index (χ1n) is 15.6. The molecule has 1 fully saturated rings. The number of ketones is 1. The molecule has 258 valence electrons. The van der Waals surface area contributed by atoms with Crippen LogP contribution in [0.25, 0.3) is 6.08 Å². The van der Waals surface area contributed by atoms with Crippen LogP contribution in [-0.2, 0) is 36.6 Å². The second-order valence-corrected chi connectivity index (χ2v) is 11.5. The summed E-state index contributed by atoms with van der Waals surface area (Å²) in [6.07, 6.45) is -4.24. The Labute approximate surface area is 278 Å². The number of benzene rings is 3. The Morgan fingerprint density at radius 2 is 1.44 bits per heavy atom. The number of aliphatic hydroxyl groups is 3. The summed E-state index contributed by atoms with van der Waals surface area (Å²) in [4.78, 5) is 25.5. The number of rotatable bonds is 16. The number of ether oxygens (including phenoxy) is 5. The molecule has 4 rings (SSSR count). The van der Waals surface area contributed by atoms with Crippen LogP contribution in [0.5, 0.6) is 23.0 Å². The minimum absolute atomic E-state index is 0.0258. The smallest absolute Gasteiger partial charge is 0.330 e. The van der Waals surface area contributed by atoms with Gasteiger partial charge in [-0.05, 0) is 78.4 Å². The number of aliphatic hydroxyl groups excluding tert-OH is 3. The lowest BCUT2D eigenvalue weighted by molar-refractivity contribution is -0.311. The number of phenols is 2. The average Bonchev–Trinajstić information content (AvgIpc) is 3.09. The van der Waals surface area contributed by atoms with E-state index < -0.39 is 49.4 Å². The molecule has 0 radical (unpaired) electrons. The molecule has 6 atom stereocenters. The summed E-state index contributed by atoms with van der Waals surface area (Å²) in [7, 11) is 3.00. The fourth-order valence-electron chi connectivity index (χ4n) is 5.20. The lowest BCUT2D eigenvalue weighted by Gasteiger charge is -2.41.